The molecule has 0 unspecified atom stereocenters. The molecule has 0 aromatic rings. The van der Waals surface area contributed by atoms with Crippen molar-refractivity contribution in [3.8, 4) is 0 Å². The Balaban J connectivity index is 2.36. The predicted molar refractivity (Wildman–Crippen MR) is 22.5 cm³/mol. The van der Waals surface area contributed by atoms with Gasteiger partial charge in [0.15, 0.2) is 0 Å². The molecule has 6 heteroatoms. The molecule has 0 aromatic heterocycles. The second kappa shape index (κ2) is 2.96. The zero-order chi connectivity index (χ0) is 6.69. The van der Waals surface area contributed by atoms with E-state index in [0.29, 0.717) is 13.1 Å². The van der Waals surface area contributed by atoms with E-state index >= 15 is 0 Å². The molecule has 9 heavy (non-hydrogen) atoms. The van der Waals surface area contributed by atoms with Crippen molar-refractivity contribution in [3.63, 3.8) is 0 Å². The maximum atomic E-state index is 9.95. The topological polar surface area (TPSA) is 59.0 Å². The van der Waals surface area contributed by atoms with Crippen LogP contribution in [0.1, 0.15) is 0 Å². The maximum absolute atomic E-state index is 9.95. The molecule has 0 saturated heterocycles. The molecule has 0 atom stereocenters. The van der Waals surface area contributed by atoms with Crippen LogP contribution in [0.3, 0.4) is 0 Å². The van der Waals surface area contributed by atoms with E-state index in [2.05, 4.69) is 8.76 Å². The molecule has 1 rings (SSSR count). The van der Waals surface area contributed by atoms with Crippen LogP contribution in [0.25, 0.3) is 0 Å². The summed E-state index contributed by atoms with van der Waals surface area (Å²) in [6, 6.07) is 0. The Morgan fingerprint density at radius 1 is 1.67 bits per heavy atom. The number of hydrogen-bond donors (Lipinski definition) is 0. The fraction of sp³-hybridized carbons (Fsp3) is 0.667. The molecule has 0 bridgehead atoms. The minimum atomic E-state index is -3.45. The fourth-order valence-electron chi connectivity index (χ4n) is 0.510. The van der Waals surface area contributed by atoms with Gasteiger partial charge in [-0.2, -0.15) is 0 Å². The summed E-state index contributed by atoms with van der Waals surface area (Å²) in [7, 11) is 0. The Labute approximate surface area is 56.6 Å². The molecule has 5 nitrogen and oxygen atoms in total. The number of rotatable bonds is 2. The van der Waals surface area contributed by atoms with Crippen molar-refractivity contribution < 1.29 is 26.5 Å². The van der Waals surface area contributed by atoms with E-state index in [1.807, 2.05) is 0 Å². The van der Waals surface area contributed by atoms with E-state index < -0.39 is 15.4 Å². The molecule has 0 N–H and O–H groups in total. The van der Waals surface area contributed by atoms with Crippen molar-refractivity contribution in [1.29, 1.82) is 0 Å². The van der Waals surface area contributed by atoms with Gasteiger partial charge in [0, 0.05) is 0 Å². The molecule has 0 spiro atoms. The van der Waals surface area contributed by atoms with E-state index in [1.54, 1.807) is 0 Å². The van der Waals surface area contributed by atoms with Crippen LogP contribution in [0.2, 0.25) is 0 Å². The van der Waals surface area contributed by atoms with Crippen molar-refractivity contribution in [2.24, 2.45) is 4.99 Å². The quantitative estimate of drug-likeness (QED) is 0.556. The Bertz CT molecular complexity index is 179. The SMILES string of the molecule is [O]=[V](=[O])[O]N1C=NCC1. The van der Waals surface area contributed by atoms with Crippen LogP contribution >= 0.6 is 0 Å². The standard InChI is InChI=1S/C3H5N2O.2O.V/c6-5-2-1-4-3-5;;;/h3H,1-2H2;;;/q-1;;;+1. The van der Waals surface area contributed by atoms with Crippen molar-refractivity contribution in [2.75, 3.05) is 13.1 Å². The first kappa shape index (κ1) is 6.73. The molecule has 0 fully saturated rings. The summed E-state index contributed by atoms with van der Waals surface area (Å²) in [5.41, 5.74) is 0. The summed E-state index contributed by atoms with van der Waals surface area (Å²) in [5, 5.41) is 1.21. The average molecular weight is 168 g/mol. The van der Waals surface area contributed by atoms with Crippen LogP contribution in [0.4, 0.5) is 0 Å². The van der Waals surface area contributed by atoms with E-state index in [9.17, 15) is 7.35 Å². The van der Waals surface area contributed by atoms with Crippen LogP contribution in [-0.2, 0) is 26.5 Å². The van der Waals surface area contributed by atoms with Gasteiger partial charge in [0.05, 0.1) is 0 Å². The van der Waals surface area contributed by atoms with Crippen LogP contribution in [-0.4, -0.2) is 24.5 Å². The van der Waals surface area contributed by atoms with Crippen molar-refractivity contribution in [2.45, 2.75) is 0 Å². The summed E-state index contributed by atoms with van der Waals surface area (Å²) in [6.07, 6.45) is 1.37. The molecule has 50 valence electrons. The molecular weight excluding hydrogens is 163 g/mol. The second-order valence-corrected chi connectivity index (χ2v) is 2.42. The number of hydrogen-bond acceptors (Lipinski definition) is 5. The number of aliphatic imine (C=N–C) groups is 1. The number of hydroxylamine groups is 2. The average Bonchev–Trinajstić information content (AvgIpc) is 2.15. The summed E-state index contributed by atoms with van der Waals surface area (Å²) in [6.45, 7) is 1.15. The van der Waals surface area contributed by atoms with Gasteiger partial charge >= 0.3 is 56.0 Å². The third-order valence-electron chi connectivity index (χ3n) is 0.831. The van der Waals surface area contributed by atoms with Gasteiger partial charge in [0.2, 0.25) is 0 Å². The van der Waals surface area contributed by atoms with E-state index in [1.165, 1.54) is 11.4 Å². The Morgan fingerprint density at radius 2 is 2.44 bits per heavy atom. The molecule has 0 radical (unpaired) electrons. The first-order valence-corrected chi connectivity index (χ1v) is 4.09. The van der Waals surface area contributed by atoms with Gasteiger partial charge in [-0.1, -0.05) is 0 Å². The third-order valence-corrected chi connectivity index (χ3v) is 1.37. The molecule has 0 aliphatic carbocycles. The van der Waals surface area contributed by atoms with Crippen molar-refractivity contribution in [1.82, 2.24) is 5.06 Å². The van der Waals surface area contributed by atoms with Crippen LogP contribution in [0.5, 0.6) is 0 Å². The molecule has 1 aliphatic rings. The van der Waals surface area contributed by atoms with Gasteiger partial charge in [0.25, 0.3) is 0 Å². The molecule has 0 amide bonds. The first-order chi connectivity index (χ1) is 4.29. The second-order valence-electron chi connectivity index (χ2n) is 1.47. The summed E-state index contributed by atoms with van der Waals surface area (Å²) < 4.78 is 24.2. The monoisotopic (exact) mass is 168 g/mol. The molecular formula is C3H5N2O3V. The van der Waals surface area contributed by atoms with E-state index in [4.69, 9.17) is 0 Å². The van der Waals surface area contributed by atoms with Crippen molar-refractivity contribution >= 4 is 6.34 Å². The van der Waals surface area contributed by atoms with Gasteiger partial charge in [0.1, 0.15) is 0 Å². The minimum absolute atomic E-state index is 0.537. The van der Waals surface area contributed by atoms with Gasteiger partial charge < -0.3 is 0 Å². The summed E-state index contributed by atoms with van der Waals surface area (Å²) in [5.74, 6) is 0. The summed E-state index contributed by atoms with van der Waals surface area (Å²) >= 11 is -3.45. The molecule has 0 aromatic carbocycles. The van der Waals surface area contributed by atoms with Crippen molar-refractivity contribution in [3.05, 3.63) is 0 Å². The number of nitrogens with zero attached hydrogens (tertiary/aromatic N) is 2. The van der Waals surface area contributed by atoms with Gasteiger partial charge in [-0.3, -0.25) is 0 Å². The van der Waals surface area contributed by atoms with Gasteiger partial charge in [-0.25, -0.2) is 0 Å². The van der Waals surface area contributed by atoms with Gasteiger partial charge in [-0.05, 0) is 0 Å². The summed E-state index contributed by atoms with van der Waals surface area (Å²) in [4.78, 5) is 3.74. The Morgan fingerprint density at radius 3 is 2.89 bits per heavy atom. The Hall–Kier alpha value is -0.386. The Kier molecular flexibility index (Phi) is 2.21. The predicted octanol–water partition coefficient (Wildman–Crippen LogP) is -0.514. The fourth-order valence-corrected chi connectivity index (χ4v) is 0.971. The molecule has 1 heterocycles. The molecule has 0 saturated carbocycles. The first-order valence-electron chi connectivity index (χ1n) is 2.38. The zero-order valence-corrected chi connectivity index (χ0v) is 5.95. The zero-order valence-electron chi connectivity index (χ0n) is 4.56. The molecule has 1 aliphatic heterocycles. The third kappa shape index (κ3) is 2.13. The van der Waals surface area contributed by atoms with Gasteiger partial charge in [-0.15, -0.1) is 0 Å². The van der Waals surface area contributed by atoms with E-state index in [-0.39, 0.29) is 0 Å². The van der Waals surface area contributed by atoms with Crippen LogP contribution < -0.4 is 0 Å². The normalized spacial score (nSPS) is 16.7. The van der Waals surface area contributed by atoms with Crippen LogP contribution in [0.15, 0.2) is 4.99 Å². The van der Waals surface area contributed by atoms with Crippen LogP contribution in [0, 0.1) is 0 Å². The van der Waals surface area contributed by atoms with E-state index in [0.717, 1.165) is 0 Å².